The molecule has 32 heavy (non-hydrogen) atoms. The van der Waals surface area contributed by atoms with E-state index in [4.69, 9.17) is 9.72 Å². The number of hydrogen-bond donors (Lipinski definition) is 0. The lowest BCUT2D eigenvalue weighted by molar-refractivity contribution is 0.122. The molecule has 168 valence electrons. The zero-order chi connectivity index (χ0) is 22.1. The smallest absolute Gasteiger partial charge is 0.243 e. The van der Waals surface area contributed by atoms with Crippen LogP contribution in [0.5, 0.6) is 0 Å². The highest BCUT2D eigenvalue weighted by Gasteiger charge is 2.30. The van der Waals surface area contributed by atoms with Crippen molar-refractivity contribution in [2.24, 2.45) is 0 Å². The van der Waals surface area contributed by atoms with Gasteiger partial charge < -0.3 is 14.5 Å². The first-order chi connectivity index (χ1) is 15.5. The second-order valence-corrected chi connectivity index (χ2v) is 10.6. The lowest BCUT2D eigenvalue weighted by Crippen LogP contribution is -2.49. The van der Waals surface area contributed by atoms with Gasteiger partial charge in [-0.05, 0) is 38.8 Å². The molecule has 8 nitrogen and oxygen atoms in total. The number of piperazine rings is 1. The van der Waals surface area contributed by atoms with Gasteiger partial charge in [-0.25, -0.2) is 13.4 Å². The van der Waals surface area contributed by atoms with Crippen molar-refractivity contribution in [3.05, 3.63) is 53.1 Å². The number of nitrogens with zero attached hydrogens (tertiary/aromatic N) is 5. The van der Waals surface area contributed by atoms with E-state index in [1.165, 1.54) is 0 Å². The van der Waals surface area contributed by atoms with Crippen molar-refractivity contribution in [2.75, 3.05) is 62.3 Å². The Balaban J connectivity index is 1.32. The van der Waals surface area contributed by atoms with Crippen LogP contribution in [0, 0.1) is 0 Å². The molecular weight excluding hydrogens is 494 g/mol. The fourth-order valence-corrected chi connectivity index (χ4v) is 6.00. The standard InChI is InChI=1S/C22H24BrN5O3S/c23-20-16-24-22(27-11-13-31-14-12-27)25-21(20)26-7-9-28(10-8-26)32(29,30)19-6-5-17-3-1-2-4-18(17)15-19/h1-6,15-16H,7-14H2. The maximum absolute atomic E-state index is 13.3. The van der Waals surface area contributed by atoms with Crippen molar-refractivity contribution in [1.82, 2.24) is 14.3 Å². The van der Waals surface area contributed by atoms with Crippen molar-refractivity contribution >= 4 is 48.5 Å². The van der Waals surface area contributed by atoms with Crippen LogP contribution in [0.3, 0.4) is 0 Å². The molecule has 2 saturated heterocycles. The second-order valence-electron chi connectivity index (χ2n) is 7.84. The third kappa shape index (κ3) is 4.19. The van der Waals surface area contributed by atoms with Gasteiger partial charge in [0, 0.05) is 45.5 Å². The van der Waals surface area contributed by atoms with Gasteiger partial charge in [-0.1, -0.05) is 30.3 Å². The molecule has 0 saturated carbocycles. The van der Waals surface area contributed by atoms with Crippen molar-refractivity contribution in [2.45, 2.75) is 4.90 Å². The van der Waals surface area contributed by atoms with Crippen LogP contribution in [-0.2, 0) is 14.8 Å². The molecule has 2 aromatic carbocycles. The van der Waals surface area contributed by atoms with Gasteiger partial charge in [0.2, 0.25) is 16.0 Å². The van der Waals surface area contributed by atoms with Gasteiger partial charge in [0.05, 0.1) is 22.6 Å². The van der Waals surface area contributed by atoms with Gasteiger partial charge in [0.25, 0.3) is 0 Å². The molecule has 0 aliphatic carbocycles. The average molecular weight is 518 g/mol. The van der Waals surface area contributed by atoms with Crippen LogP contribution in [-0.4, -0.2) is 75.2 Å². The van der Waals surface area contributed by atoms with Crippen LogP contribution >= 0.6 is 15.9 Å². The van der Waals surface area contributed by atoms with Gasteiger partial charge in [-0.15, -0.1) is 0 Å². The lowest BCUT2D eigenvalue weighted by Gasteiger charge is -2.35. The predicted octanol–water partition coefficient (Wildman–Crippen LogP) is 2.74. The summed E-state index contributed by atoms with van der Waals surface area (Å²) in [5.74, 6) is 1.47. The second kappa shape index (κ2) is 8.93. The van der Waals surface area contributed by atoms with Crippen LogP contribution in [0.25, 0.3) is 10.8 Å². The third-order valence-corrected chi connectivity index (χ3v) is 8.36. The summed E-state index contributed by atoms with van der Waals surface area (Å²) in [4.78, 5) is 13.8. The third-order valence-electron chi connectivity index (χ3n) is 5.90. The number of rotatable bonds is 4. The first kappa shape index (κ1) is 21.6. The zero-order valence-corrected chi connectivity index (χ0v) is 19.9. The Morgan fingerprint density at radius 2 is 1.59 bits per heavy atom. The minimum atomic E-state index is -3.55. The molecule has 0 unspecified atom stereocenters. The van der Waals surface area contributed by atoms with Crippen molar-refractivity contribution in [1.29, 1.82) is 0 Å². The molecule has 10 heteroatoms. The van der Waals surface area contributed by atoms with E-state index in [0.29, 0.717) is 50.2 Å². The minimum absolute atomic E-state index is 0.336. The monoisotopic (exact) mass is 517 g/mol. The highest BCUT2D eigenvalue weighted by Crippen LogP contribution is 2.28. The normalized spacial score (nSPS) is 18.3. The molecule has 3 aromatic rings. The highest BCUT2D eigenvalue weighted by molar-refractivity contribution is 9.10. The number of fused-ring (bicyclic) bond motifs is 1. The fraction of sp³-hybridized carbons (Fsp3) is 0.364. The van der Waals surface area contributed by atoms with Gasteiger partial charge in [0.15, 0.2) is 0 Å². The van der Waals surface area contributed by atoms with E-state index in [9.17, 15) is 8.42 Å². The Kier molecular flexibility index (Phi) is 6.02. The molecule has 0 N–H and O–H groups in total. The van der Waals surface area contributed by atoms with Gasteiger partial charge in [-0.2, -0.15) is 9.29 Å². The number of hydrogen-bond acceptors (Lipinski definition) is 7. The molecule has 3 heterocycles. The lowest BCUT2D eigenvalue weighted by atomic mass is 10.1. The van der Waals surface area contributed by atoms with E-state index < -0.39 is 10.0 Å². The Morgan fingerprint density at radius 1 is 0.875 bits per heavy atom. The molecule has 0 amide bonds. The van der Waals surface area contributed by atoms with Crippen LogP contribution in [0.2, 0.25) is 0 Å². The first-order valence-corrected chi connectivity index (χ1v) is 12.8. The van der Waals surface area contributed by atoms with Crippen LogP contribution in [0.4, 0.5) is 11.8 Å². The summed E-state index contributed by atoms with van der Waals surface area (Å²) in [5, 5.41) is 1.95. The molecule has 2 aliphatic rings. The van der Waals surface area contributed by atoms with Gasteiger partial charge in [-0.3, -0.25) is 0 Å². The Morgan fingerprint density at radius 3 is 2.34 bits per heavy atom. The SMILES string of the molecule is O=S(=O)(c1ccc2ccccc2c1)N1CCN(c2nc(N3CCOCC3)ncc2Br)CC1. The van der Waals surface area contributed by atoms with Gasteiger partial charge >= 0.3 is 0 Å². The number of sulfonamides is 1. The zero-order valence-electron chi connectivity index (χ0n) is 17.5. The predicted molar refractivity (Wildman–Crippen MR) is 128 cm³/mol. The maximum Gasteiger partial charge on any atom is 0.243 e. The topological polar surface area (TPSA) is 78.9 Å². The number of anilines is 2. The minimum Gasteiger partial charge on any atom is -0.378 e. The summed E-state index contributed by atoms with van der Waals surface area (Å²) in [7, 11) is -3.55. The molecule has 2 fully saturated rings. The average Bonchev–Trinajstić information content (AvgIpc) is 2.84. The van der Waals surface area contributed by atoms with Crippen LogP contribution in [0.15, 0.2) is 58.0 Å². The van der Waals surface area contributed by atoms with Crippen LogP contribution in [0.1, 0.15) is 0 Å². The highest BCUT2D eigenvalue weighted by atomic mass is 79.9. The van der Waals surface area contributed by atoms with E-state index in [2.05, 4.69) is 30.7 Å². The summed E-state index contributed by atoms with van der Waals surface area (Å²) < 4.78 is 34.3. The Labute approximate surface area is 196 Å². The largest absolute Gasteiger partial charge is 0.378 e. The van der Waals surface area contributed by atoms with E-state index in [0.717, 1.165) is 34.2 Å². The summed E-state index contributed by atoms with van der Waals surface area (Å²) in [6.45, 7) is 4.78. The molecular formula is C22H24BrN5O3S. The van der Waals surface area contributed by atoms with E-state index in [1.54, 1.807) is 22.6 Å². The number of aromatic nitrogens is 2. The molecule has 0 bridgehead atoms. The Hall–Kier alpha value is -2.27. The van der Waals surface area contributed by atoms with Crippen molar-refractivity contribution in [3.8, 4) is 0 Å². The molecule has 0 radical (unpaired) electrons. The maximum atomic E-state index is 13.3. The molecule has 5 rings (SSSR count). The summed E-state index contributed by atoms with van der Waals surface area (Å²) in [6, 6.07) is 13.1. The van der Waals surface area contributed by atoms with E-state index in [1.807, 2.05) is 30.3 Å². The number of benzene rings is 2. The van der Waals surface area contributed by atoms with Crippen molar-refractivity contribution in [3.63, 3.8) is 0 Å². The Bertz CT molecular complexity index is 1230. The van der Waals surface area contributed by atoms with Gasteiger partial charge in [0.1, 0.15) is 5.82 Å². The summed E-state index contributed by atoms with van der Waals surface area (Å²) in [5.41, 5.74) is 0. The first-order valence-electron chi connectivity index (χ1n) is 10.6. The fourth-order valence-electron chi connectivity index (χ4n) is 4.10. The summed E-state index contributed by atoms with van der Waals surface area (Å²) in [6.07, 6.45) is 1.77. The molecule has 1 aromatic heterocycles. The molecule has 0 spiro atoms. The molecule has 0 atom stereocenters. The number of morpholine rings is 1. The van der Waals surface area contributed by atoms with E-state index in [-0.39, 0.29) is 0 Å². The van der Waals surface area contributed by atoms with Crippen molar-refractivity contribution < 1.29 is 13.2 Å². The number of halogens is 1. The summed E-state index contributed by atoms with van der Waals surface area (Å²) >= 11 is 3.56. The quantitative estimate of drug-likeness (QED) is 0.526. The van der Waals surface area contributed by atoms with Crippen LogP contribution < -0.4 is 9.80 Å². The number of ether oxygens (including phenoxy) is 1. The molecule has 2 aliphatic heterocycles. The van der Waals surface area contributed by atoms with E-state index >= 15 is 0 Å².